The molecule has 2 fully saturated rings. The SMILES string of the molecule is O=C(c1ccncc1)N1C[C@@H](O)[C@@]2(C1)[C@H](CO)[C@H]2c1ccccc1. The second-order valence-corrected chi connectivity index (χ2v) is 6.73. The largest absolute Gasteiger partial charge is 0.396 e. The second kappa shape index (κ2) is 5.69. The minimum Gasteiger partial charge on any atom is -0.396 e. The second-order valence-electron chi connectivity index (χ2n) is 6.73. The quantitative estimate of drug-likeness (QED) is 0.892. The van der Waals surface area contributed by atoms with Crippen LogP contribution in [0.3, 0.4) is 0 Å². The maximum atomic E-state index is 12.7. The number of rotatable bonds is 3. The van der Waals surface area contributed by atoms with E-state index in [9.17, 15) is 15.0 Å². The molecule has 24 heavy (non-hydrogen) atoms. The molecule has 2 aromatic rings. The number of aliphatic hydroxyl groups excluding tert-OH is 2. The van der Waals surface area contributed by atoms with Gasteiger partial charge in [-0.05, 0) is 29.5 Å². The summed E-state index contributed by atoms with van der Waals surface area (Å²) in [5, 5.41) is 20.5. The Kier molecular flexibility index (Phi) is 3.62. The number of amides is 1. The molecule has 1 amide bonds. The number of nitrogens with zero attached hydrogens (tertiary/aromatic N) is 2. The molecule has 1 spiro atoms. The third kappa shape index (κ3) is 2.16. The zero-order chi connectivity index (χ0) is 16.7. The Morgan fingerprint density at radius 3 is 2.58 bits per heavy atom. The third-order valence-corrected chi connectivity index (χ3v) is 5.61. The van der Waals surface area contributed by atoms with Crippen molar-refractivity contribution in [2.75, 3.05) is 19.7 Å². The van der Waals surface area contributed by atoms with Crippen molar-refractivity contribution in [1.29, 1.82) is 0 Å². The third-order valence-electron chi connectivity index (χ3n) is 5.61. The standard InChI is InChI=1S/C19H20N2O3/c22-11-15-17(13-4-2-1-3-5-13)19(15)12-21(10-16(19)23)18(24)14-6-8-20-9-7-14/h1-9,15-17,22-23H,10-12H2/t15-,16-,17-,19-/m1/s1. The van der Waals surface area contributed by atoms with E-state index in [2.05, 4.69) is 4.98 Å². The summed E-state index contributed by atoms with van der Waals surface area (Å²) in [5.41, 5.74) is 1.26. The molecule has 5 heteroatoms. The van der Waals surface area contributed by atoms with Gasteiger partial charge in [0.2, 0.25) is 0 Å². The van der Waals surface area contributed by atoms with Crippen LogP contribution in [0, 0.1) is 11.3 Å². The molecule has 0 unspecified atom stereocenters. The van der Waals surface area contributed by atoms with Crippen LogP contribution in [-0.2, 0) is 0 Å². The van der Waals surface area contributed by atoms with Crippen LogP contribution >= 0.6 is 0 Å². The number of carbonyl (C=O) groups excluding carboxylic acids is 1. The summed E-state index contributed by atoms with van der Waals surface area (Å²) in [6.45, 7) is 0.801. The summed E-state index contributed by atoms with van der Waals surface area (Å²) in [5.74, 6) is -0.0113. The molecular weight excluding hydrogens is 304 g/mol. The summed E-state index contributed by atoms with van der Waals surface area (Å²) in [4.78, 5) is 18.3. The molecule has 2 aliphatic rings. The first-order valence-corrected chi connectivity index (χ1v) is 8.21. The van der Waals surface area contributed by atoms with Gasteiger partial charge in [0.15, 0.2) is 0 Å². The Morgan fingerprint density at radius 1 is 1.21 bits per heavy atom. The summed E-state index contributed by atoms with van der Waals surface area (Å²) in [6, 6.07) is 13.3. The Labute approximate surface area is 140 Å². The number of likely N-dealkylation sites (tertiary alicyclic amines) is 1. The fraction of sp³-hybridized carbons (Fsp3) is 0.368. The van der Waals surface area contributed by atoms with E-state index in [1.165, 1.54) is 0 Å². The van der Waals surface area contributed by atoms with Gasteiger partial charge < -0.3 is 15.1 Å². The van der Waals surface area contributed by atoms with Crippen LogP contribution in [-0.4, -0.2) is 51.8 Å². The van der Waals surface area contributed by atoms with Crippen LogP contribution in [0.2, 0.25) is 0 Å². The molecule has 0 radical (unpaired) electrons. The van der Waals surface area contributed by atoms with Gasteiger partial charge in [0.1, 0.15) is 0 Å². The zero-order valence-corrected chi connectivity index (χ0v) is 13.2. The van der Waals surface area contributed by atoms with Crippen molar-refractivity contribution in [3.8, 4) is 0 Å². The summed E-state index contributed by atoms with van der Waals surface area (Å²) < 4.78 is 0. The van der Waals surface area contributed by atoms with E-state index in [0.717, 1.165) is 5.56 Å². The van der Waals surface area contributed by atoms with Gasteiger partial charge in [0.25, 0.3) is 5.91 Å². The van der Waals surface area contributed by atoms with E-state index in [-0.39, 0.29) is 24.3 Å². The van der Waals surface area contributed by atoms with E-state index < -0.39 is 11.5 Å². The number of carbonyl (C=O) groups is 1. The molecule has 4 rings (SSSR count). The maximum Gasteiger partial charge on any atom is 0.254 e. The number of benzene rings is 1. The Morgan fingerprint density at radius 2 is 1.92 bits per heavy atom. The number of β-amino-alcohol motifs (C(OH)–C–C–N with tert-alkyl or cyclic N) is 1. The van der Waals surface area contributed by atoms with Gasteiger partial charge in [0, 0.05) is 43.1 Å². The van der Waals surface area contributed by atoms with Crippen LogP contribution in [0.4, 0.5) is 0 Å². The van der Waals surface area contributed by atoms with Gasteiger partial charge in [-0.15, -0.1) is 0 Å². The predicted molar refractivity (Wildman–Crippen MR) is 88.3 cm³/mol. The van der Waals surface area contributed by atoms with E-state index in [1.807, 2.05) is 30.3 Å². The lowest BCUT2D eigenvalue weighted by Gasteiger charge is -2.16. The van der Waals surface area contributed by atoms with Gasteiger partial charge in [-0.2, -0.15) is 0 Å². The molecule has 1 aromatic heterocycles. The van der Waals surface area contributed by atoms with Gasteiger partial charge in [-0.25, -0.2) is 0 Å². The fourth-order valence-electron chi connectivity index (χ4n) is 4.40. The van der Waals surface area contributed by atoms with Gasteiger partial charge in [-0.1, -0.05) is 30.3 Å². The average molecular weight is 324 g/mol. The topological polar surface area (TPSA) is 73.7 Å². The van der Waals surface area contributed by atoms with E-state index in [4.69, 9.17) is 0 Å². The zero-order valence-electron chi connectivity index (χ0n) is 13.2. The molecule has 1 aliphatic carbocycles. The van der Waals surface area contributed by atoms with Crippen molar-refractivity contribution in [3.05, 3.63) is 66.0 Å². The Balaban J connectivity index is 1.60. The van der Waals surface area contributed by atoms with Crippen molar-refractivity contribution in [1.82, 2.24) is 9.88 Å². The number of aliphatic hydroxyl groups is 2. The smallest absolute Gasteiger partial charge is 0.254 e. The van der Waals surface area contributed by atoms with Crippen LogP contribution in [0.25, 0.3) is 0 Å². The Hall–Kier alpha value is -2.24. The lowest BCUT2D eigenvalue weighted by molar-refractivity contribution is 0.0764. The molecule has 1 aliphatic heterocycles. The molecular formula is C19H20N2O3. The molecule has 124 valence electrons. The van der Waals surface area contributed by atoms with Gasteiger partial charge >= 0.3 is 0 Å². The highest BCUT2D eigenvalue weighted by Crippen LogP contribution is 2.68. The molecule has 1 aromatic carbocycles. The van der Waals surface area contributed by atoms with E-state index in [0.29, 0.717) is 18.7 Å². The maximum absolute atomic E-state index is 12.7. The molecule has 2 heterocycles. The van der Waals surface area contributed by atoms with Gasteiger partial charge in [0.05, 0.1) is 6.10 Å². The van der Waals surface area contributed by atoms with Crippen LogP contribution in [0.1, 0.15) is 21.8 Å². The van der Waals surface area contributed by atoms with Crippen LogP contribution in [0.15, 0.2) is 54.9 Å². The monoisotopic (exact) mass is 324 g/mol. The number of aromatic nitrogens is 1. The number of pyridine rings is 1. The van der Waals surface area contributed by atoms with E-state index in [1.54, 1.807) is 29.4 Å². The number of hydrogen-bond donors (Lipinski definition) is 2. The minimum atomic E-state index is -0.620. The first kappa shape index (κ1) is 15.3. The lowest BCUT2D eigenvalue weighted by Crippen LogP contribution is -2.29. The fourth-order valence-corrected chi connectivity index (χ4v) is 4.40. The molecule has 4 atom stereocenters. The normalized spacial score (nSPS) is 31.4. The lowest BCUT2D eigenvalue weighted by atomic mass is 9.95. The van der Waals surface area contributed by atoms with E-state index >= 15 is 0 Å². The molecule has 5 nitrogen and oxygen atoms in total. The van der Waals surface area contributed by atoms with Crippen molar-refractivity contribution < 1.29 is 15.0 Å². The molecule has 1 saturated heterocycles. The predicted octanol–water partition coefficient (Wildman–Crippen LogP) is 1.29. The first-order chi connectivity index (χ1) is 11.7. The van der Waals surface area contributed by atoms with Gasteiger partial charge in [-0.3, -0.25) is 9.78 Å². The molecule has 2 N–H and O–H groups in total. The summed E-state index contributed by atoms with van der Waals surface area (Å²) in [6.07, 6.45) is 2.57. The molecule has 1 saturated carbocycles. The number of hydrogen-bond acceptors (Lipinski definition) is 4. The highest BCUT2D eigenvalue weighted by molar-refractivity contribution is 5.94. The Bertz CT molecular complexity index is 737. The van der Waals surface area contributed by atoms with Crippen molar-refractivity contribution >= 4 is 5.91 Å². The van der Waals surface area contributed by atoms with Crippen molar-refractivity contribution in [2.24, 2.45) is 11.3 Å². The summed E-state index contributed by atoms with van der Waals surface area (Å²) in [7, 11) is 0. The van der Waals surface area contributed by atoms with Crippen LogP contribution in [0.5, 0.6) is 0 Å². The average Bonchev–Trinajstić information content (AvgIpc) is 3.17. The van der Waals surface area contributed by atoms with Crippen molar-refractivity contribution in [3.63, 3.8) is 0 Å². The minimum absolute atomic E-state index is 0.00913. The highest BCUT2D eigenvalue weighted by atomic mass is 16.3. The van der Waals surface area contributed by atoms with Crippen molar-refractivity contribution in [2.45, 2.75) is 12.0 Å². The van der Waals surface area contributed by atoms with Crippen LogP contribution < -0.4 is 0 Å². The first-order valence-electron chi connectivity index (χ1n) is 8.21. The summed E-state index contributed by atoms with van der Waals surface area (Å²) >= 11 is 0. The highest BCUT2D eigenvalue weighted by Gasteiger charge is 2.71. The molecule has 0 bridgehead atoms.